The number of rotatable bonds is 11. The zero-order chi connectivity index (χ0) is 23.9. The van der Waals surface area contributed by atoms with Gasteiger partial charge in [-0.25, -0.2) is 0 Å². The summed E-state index contributed by atoms with van der Waals surface area (Å²) in [6.45, 7) is 4.21. The molecule has 2 N–H and O–H groups in total. The van der Waals surface area contributed by atoms with Gasteiger partial charge in [0.15, 0.2) is 9.54 Å². The summed E-state index contributed by atoms with van der Waals surface area (Å²) in [5.41, 5.74) is 4.62. The molecule has 0 saturated heterocycles. The monoisotopic (exact) mass is 492 g/mol. The number of benzene rings is 2. The van der Waals surface area contributed by atoms with Crippen LogP contribution in [0.3, 0.4) is 0 Å². The Labute approximate surface area is 211 Å². The number of unbranched alkanes of at least 4 members (excludes halogenated alkanes) is 5. The number of hydrogen-bond acceptors (Lipinski definition) is 4. The first-order valence-electron chi connectivity index (χ1n) is 12.0. The van der Waals surface area contributed by atoms with Crippen molar-refractivity contribution in [1.29, 1.82) is 0 Å². The van der Waals surface area contributed by atoms with Crippen molar-refractivity contribution in [2.75, 3.05) is 0 Å². The molecule has 8 heteroatoms. The van der Waals surface area contributed by atoms with Gasteiger partial charge in [-0.3, -0.25) is 19.3 Å². The lowest BCUT2D eigenvalue weighted by Gasteiger charge is -2.10. The molecule has 0 radical (unpaired) electrons. The second-order valence-electron chi connectivity index (χ2n) is 8.76. The highest BCUT2D eigenvalue weighted by Crippen LogP contribution is 2.19. The molecule has 2 aromatic carbocycles. The van der Waals surface area contributed by atoms with Crippen LogP contribution in [0.4, 0.5) is 0 Å². The van der Waals surface area contributed by atoms with Gasteiger partial charge in [-0.1, -0.05) is 62.1 Å². The first kappa shape index (κ1) is 24.3. The van der Waals surface area contributed by atoms with Crippen LogP contribution in [0.25, 0.3) is 11.4 Å². The quantitative estimate of drug-likeness (QED) is 0.176. The molecule has 0 saturated carbocycles. The molecular weight excluding hydrogens is 460 g/mol. The fraction of sp³-hybridized carbons (Fsp3) is 0.385. The van der Waals surface area contributed by atoms with Crippen LogP contribution in [0.5, 0.6) is 0 Å². The van der Waals surface area contributed by atoms with Gasteiger partial charge in [0.1, 0.15) is 11.6 Å². The highest BCUT2D eigenvalue weighted by molar-refractivity contribution is 7.71. The van der Waals surface area contributed by atoms with Crippen molar-refractivity contribution in [1.82, 2.24) is 29.5 Å². The number of para-hydroxylation sites is 2. The van der Waals surface area contributed by atoms with Gasteiger partial charge >= 0.3 is 0 Å². The summed E-state index contributed by atoms with van der Waals surface area (Å²) >= 11 is 11.0. The number of aryl methyl sites for hydroxylation is 4. The Kier molecular flexibility index (Phi) is 8.24. The largest absolute Gasteiger partial charge is 0.272 e. The Morgan fingerprint density at radius 1 is 0.618 bits per heavy atom. The second kappa shape index (κ2) is 11.5. The van der Waals surface area contributed by atoms with Gasteiger partial charge in [-0.15, -0.1) is 0 Å². The second-order valence-corrected chi connectivity index (χ2v) is 9.53. The van der Waals surface area contributed by atoms with E-state index in [1.165, 1.54) is 36.8 Å². The highest BCUT2D eigenvalue weighted by atomic mass is 32.1. The van der Waals surface area contributed by atoms with Crippen LogP contribution in [0.2, 0.25) is 0 Å². The fourth-order valence-electron chi connectivity index (χ4n) is 4.39. The van der Waals surface area contributed by atoms with E-state index in [4.69, 9.17) is 24.4 Å². The standard InChI is InChI=1S/C26H32N6S2/c1-19-13-9-11-15-21(19)31-23(27-29-25(31)33)17-7-5-3-4-6-8-18-24-28-30-26(34)32(24)22-16-12-10-14-20(22)2/h9-16H,3-8,17-18H2,1-2H3,(H,29,33)(H,30,34). The van der Waals surface area contributed by atoms with Crippen LogP contribution in [0.15, 0.2) is 48.5 Å². The minimum absolute atomic E-state index is 0.660. The van der Waals surface area contributed by atoms with Gasteiger partial charge in [0.25, 0.3) is 0 Å². The lowest BCUT2D eigenvalue weighted by molar-refractivity contribution is 0.580. The molecule has 0 fully saturated rings. The van der Waals surface area contributed by atoms with E-state index in [1.54, 1.807) is 0 Å². The number of H-pyrrole nitrogens is 2. The summed E-state index contributed by atoms with van der Waals surface area (Å²) in [5, 5.41) is 14.9. The third-order valence-corrected chi connectivity index (χ3v) is 6.79. The normalized spacial score (nSPS) is 11.2. The lowest BCUT2D eigenvalue weighted by Crippen LogP contribution is -2.04. The van der Waals surface area contributed by atoms with Crippen molar-refractivity contribution in [2.45, 2.75) is 65.2 Å². The predicted octanol–water partition coefficient (Wildman–Crippen LogP) is 6.92. The van der Waals surface area contributed by atoms with E-state index in [-0.39, 0.29) is 0 Å². The summed E-state index contributed by atoms with van der Waals surface area (Å²) in [4.78, 5) is 0. The molecule has 0 unspecified atom stereocenters. The summed E-state index contributed by atoms with van der Waals surface area (Å²) in [5.74, 6) is 2.02. The maximum atomic E-state index is 5.48. The molecule has 0 spiro atoms. The number of aromatic nitrogens is 6. The van der Waals surface area contributed by atoms with Crippen LogP contribution in [-0.2, 0) is 12.8 Å². The molecular formula is C26H32N6S2. The van der Waals surface area contributed by atoms with Gasteiger partial charge in [0.05, 0.1) is 11.4 Å². The van der Waals surface area contributed by atoms with E-state index in [0.29, 0.717) is 9.54 Å². The van der Waals surface area contributed by atoms with E-state index < -0.39 is 0 Å². The first-order valence-corrected chi connectivity index (χ1v) is 12.8. The maximum Gasteiger partial charge on any atom is 0.199 e. The molecule has 0 amide bonds. The Balaban J connectivity index is 1.22. The average molecular weight is 493 g/mol. The molecule has 2 heterocycles. The van der Waals surface area contributed by atoms with Gasteiger partial charge in [-0.05, 0) is 74.4 Å². The Bertz CT molecular complexity index is 1240. The van der Waals surface area contributed by atoms with Crippen molar-refractivity contribution in [2.24, 2.45) is 0 Å². The van der Waals surface area contributed by atoms with E-state index in [1.807, 2.05) is 24.3 Å². The van der Waals surface area contributed by atoms with Crippen LogP contribution in [-0.4, -0.2) is 29.5 Å². The summed E-state index contributed by atoms with van der Waals surface area (Å²) in [6.07, 6.45) is 8.89. The molecule has 2 aromatic heterocycles. The van der Waals surface area contributed by atoms with E-state index in [9.17, 15) is 0 Å². The van der Waals surface area contributed by atoms with Crippen LogP contribution in [0.1, 0.15) is 61.3 Å². The van der Waals surface area contributed by atoms with Crippen molar-refractivity contribution >= 4 is 24.4 Å². The molecule has 0 atom stereocenters. The average Bonchev–Trinajstić information content (AvgIpc) is 3.38. The van der Waals surface area contributed by atoms with Gasteiger partial charge in [0, 0.05) is 12.8 Å². The van der Waals surface area contributed by atoms with E-state index >= 15 is 0 Å². The fourth-order valence-corrected chi connectivity index (χ4v) is 4.89. The Morgan fingerprint density at radius 3 is 1.41 bits per heavy atom. The number of nitrogens with one attached hydrogen (secondary N) is 2. The Hall–Kier alpha value is -2.84. The topological polar surface area (TPSA) is 67.2 Å². The first-order chi connectivity index (χ1) is 16.6. The van der Waals surface area contributed by atoms with Crippen molar-refractivity contribution < 1.29 is 0 Å². The highest BCUT2D eigenvalue weighted by Gasteiger charge is 2.11. The van der Waals surface area contributed by atoms with Gasteiger partial charge in [-0.2, -0.15) is 10.2 Å². The summed E-state index contributed by atoms with van der Waals surface area (Å²) < 4.78 is 5.47. The van der Waals surface area contributed by atoms with E-state index in [0.717, 1.165) is 48.7 Å². The molecule has 0 aliphatic rings. The minimum atomic E-state index is 0.660. The predicted molar refractivity (Wildman–Crippen MR) is 142 cm³/mol. The smallest absolute Gasteiger partial charge is 0.199 e. The summed E-state index contributed by atoms with van der Waals surface area (Å²) in [6, 6.07) is 16.6. The maximum absolute atomic E-state index is 5.48. The SMILES string of the molecule is Cc1ccccc1-n1c(CCCCCCCCc2n[nH]c(=S)n2-c2ccccc2C)n[nH]c1=S. The lowest BCUT2D eigenvalue weighted by atomic mass is 10.1. The van der Waals surface area contributed by atoms with Gasteiger partial charge < -0.3 is 0 Å². The van der Waals surface area contributed by atoms with E-state index in [2.05, 4.69) is 67.6 Å². The van der Waals surface area contributed by atoms with Crippen molar-refractivity contribution in [3.8, 4) is 11.4 Å². The molecule has 0 bridgehead atoms. The zero-order valence-electron chi connectivity index (χ0n) is 19.9. The minimum Gasteiger partial charge on any atom is -0.272 e. The van der Waals surface area contributed by atoms with Crippen LogP contribution < -0.4 is 0 Å². The molecule has 0 aliphatic heterocycles. The van der Waals surface area contributed by atoms with Crippen molar-refractivity contribution in [3.63, 3.8) is 0 Å². The molecule has 4 aromatic rings. The third kappa shape index (κ3) is 5.62. The van der Waals surface area contributed by atoms with Crippen molar-refractivity contribution in [3.05, 3.63) is 80.8 Å². The molecule has 6 nitrogen and oxygen atoms in total. The molecule has 34 heavy (non-hydrogen) atoms. The number of hydrogen-bond donors (Lipinski definition) is 2. The summed E-state index contributed by atoms with van der Waals surface area (Å²) in [7, 11) is 0. The zero-order valence-corrected chi connectivity index (χ0v) is 21.5. The molecule has 178 valence electrons. The van der Waals surface area contributed by atoms with Crippen LogP contribution in [0, 0.1) is 23.4 Å². The van der Waals surface area contributed by atoms with Crippen LogP contribution >= 0.6 is 24.4 Å². The molecule has 4 rings (SSSR count). The number of aromatic amines is 2. The number of nitrogens with zero attached hydrogens (tertiary/aromatic N) is 4. The molecule has 0 aliphatic carbocycles. The third-order valence-electron chi connectivity index (χ3n) is 6.25. The Morgan fingerprint density at radius 2 is 1.00 bits per heavy atom. The van der Waals surface area contributed by atoms with Gasteiger partial charge in [0.2, 0.25) is 0 Å².